The van der Waals surface area contributed by atoms with Crippen LogP contribution in [0.4, 0.5) is 11.9 Å². The highest BCUT2D eigenvalue weighted by Gasteiger charge is 2.08. The Balaban J connectivity index is 1.82. The highest BCUT2D eigenvalue weighted by Crippen LogP contribution is 2.11. The van der Waals surface area contributed by atoms with Gasteiger partial charge in [-0.3, -0.25) is 0 Å². The standard InChI is InChI=1S/C12H14N8S/c1-8-16-9(7-21-8)6-14-11-17-10(13-2)18-12(19-11)20-5-3-4-15-20/h3-5,7H,6H2,1-2H3,(H2,13,14,17,18,19). The van der Waals surface area contributed by atoms with E-state index >= 15 is 0 Å². The molecule has 21 heavy (non-hydrogen) atoms. The van der Waals surface area contributed by atoms with Gasteiger partial charge in [0.25, 0.3) is 5.95 Å². The lowest BCUT2D eigenvalue weighted by Gasteiger charge is -2.07. The molecular weight excluding hydrogens is 288 g/mol. The highest BCUT2D eigenvalue weighted by atomic mass is 32.1. The van der Waals surface area contributed by atoms with Gasteiger partial charge in [0.05, 0.1) is 17.2 Å². The molecule has 0 aromatic carbocycles. The average Bonchev–Trinajstić information content (AvgIpc) is 3.16. The Labute approximate surface area is 125 Å². The number of rotatable bonds is 5. The fourth-order valence-corrected chi connectivity index (χ4v) is 2.32. The Morgan fingerprint density at radius 3 is 2.71 bits per heavy atom. The molecule has 0 unspecified atom stereocenters. The zero-order chi connectivity index (χ0) is 14.7. The first-order valence-electron chi connectivity index (χ1n) is 6.33. The summed E-state index contributed by atoms with van der Waals surface area (Å²) >= 11 is 1.62. The second-order valence-corrected chi connectivity index (χ2v) is 5.26. The van der Waals surface area contributed by atoms with Crippen molar-refractivity contribution < 1.29 is 0 Å². The normalized spacial score (nSPS) is 10.6. The van der Waals surface area contributed by atoms with Gasteiger partial charge in [0.15, 0.2) is 0 Å². The van der Waals surface area contributed by atoms with Crippen molar-refractivity contribution in [2.45, 2.75) is 13.5 Å². The van der Waals surface area contributed by atoms with Gasteiger partial charge in [0, 0.05) is 24.8 Å². The van der Waals surface area contributed by atoms with Crippen LogP contribution in [0.3, 0.4) is 0 Å². The first-order valence-corrected chi connectivity index (χ1v) is 7.21. The molecule has 0 atom stereocenters. The van der Waals surface area contributed by atoms with E-state index in [4.69, 9.17) is 0 Å². The molecule has 3 aromatic heterocycles. The zero-order valence-electron chi connectivity index (χ0n) is 11.6. The van der Waals surface area contributed by atoms with Crippen molar-refractivity contribution in [2.75, 3.05) is 17.7 Å². The predicted octanol–water partition coefficient (Wildman–Crippen LogP) is 1.48. The van der Waals surface area contributed by atoms with Crippen LogP contribution < -0.4 is 10.6 Å². The molecule has 2 N–H and O–H groups in total. The number of hydrogen-bond acceptors (Lipinski definition) is 8. The number of nitrogens with zero attached hydrogens (tertiary/aromatic N) is 6. The van der Waals surface area contributed by atoms with Crippen LogP contribution in [0.5, 0.6) is 0 Å². The van der Waals surface area contributed by atoms with Gasteiger partial charge in [0.1, 0.15) is 0 Å². The van der Waals surface area contributed by atoms with Crippen molar-refractivity contribution in [3.8, 4) is 5.95 Å². The third-order valence-electron chi connectivity index (χ3n) is 2.65. The number of hydrogen-bond donors (Lipinski definition) is 2. The molecule has 8 nitrogen and oxygen atoms in total. The van der Waals surface area contributed by atoms with Gasteiger partial charge in [-0.15, -0.1) is 11.3 Å². The van der Waals surface area contributed by atoms with Crippen molar-refractivity contribution in [1.29, 1.82) is 0 Å². The number of aromatic nitrogens is 6. The Bertz CT molecular complexity index is 721. The second kappa shape index (κ2) is 5.83. The summed E-state index contributed by atoms with van der Waals surface area (Å²) in [5.41, 5.74) is 0.963. The Morgan fingerprint density at radius 2 is 2.05 bits per heavy atom. The third-order valence-corrected chi connectivity index (χ3v) is 3.47. The van der Waals surface area contributed by atoms with E-state index < -0.39 is 0 Å². The van der Waals surface area contributed by atoms with Gasteiger partial charge in [-0.25, -0.2) is 9.67 Å². The van der Waals surface area contributed by atoms with Crippen molar-refractivity contribution in [3.63, 3.8) is 0 Å². The summed E-state index contributed by atoms with van der Waals surface area (Å²) in [5, 5.41) is 13.2. The highest BCUT2D eigenvalue weighted by molar-refractivity contribution is 7.09. The Kier molecular flexibility index (Phi) is 3.73. The lowest BCUT2D eigenvalue weighted by Crippen LogP contribution is -2.11. The van der Waals surface area contributed by atoms with Crippen molar-refractivity contribution >= 4 is 23.2 Å². The van der Waals surface area contributed by atoms with E-state index in [9.17, 15) is 0 Å². The maximum Gasteiger partial charge on any atom is 0.257 e. The molecule has 0 radical (unpaired) electrons. The zero-order valence-corrected chi connectivity index (χ0v) is 12.4. The van der Waals surface area contributed by atoms with E-state index in [1.807, 2.05) is 18.4 Å². The maximum absolute atomic E-state index is 4.39. The first kappa shape index (κ1) is 13.4. The number of anilines is 2. The molecule has 0 saturated carbocycles. The van der Waals surface area contributed by atoms with Crippen LogP contribution in [0.15, 0.2) is 23.8 Å². The van der Waals surface area contributed by atoms with Crippen LogP contribution in [-0.2, 0) is 6.54 Å². The summed E-state index contributed by atoms with van der Waals surface area (Å²) in [6, 6.07) is 1.81. The maximum atomic E-state index is 4.39. The van der Waals surface area contributed by atoms with E-state index in [0.717, 1.165) is 10.7 Å². The summed E-state index contributed by atoms with van der Waals surface area (Å²) in [5.74, 6) is 1.41. The van der Waals surface area contributed by atoms with E-state index in [1.165, 1.54) is 0 Å². The minimum absolute atomic E-state index is 0.455. The number of aryl methyl sites for hydroxylation is 1. The van der Waals surface area contributed by atoms with E-state index in [-0.39, 0.29) is 0 Å². The minimum atomic E-state index is 0.455. The smallest absolute Gasteiger partial charge is 0.257 e. The summed E-state index contributed by atoms with van der Waals surface area (Å²) in [7, 11) is 1.76. The summed E-state index contributed by atoms with van der Waals surface area (Å²) in [6.07, 6.45) is 3.45. The summed E-state index contributed by atoms with van der Waals surface area (Å²) in [4.78, 5) is 17.3. The van der Waals surface area contributed by atoms with Crippen LogP contribution in [0.25, 0.3) is 5.95 Å². The summed E-state index contributed by atoms with van der Waals surface area (Å²) in [6.45, 7) is 2.54. The molecule has 0 aliphatic heterocycles. The molecule has 0 bridgehead atoms. The van der Waals surface area contributed by atoms with Crippen LogP contribution in [0.1, 0.15) is 10.7 Å². The molecule has 108 valence electrons. The molecule has 0 aliphatic carbocycles. The van der Waals surface area contributed by atoms with E-state index in [0.29, 0.717) is 24.4 Å². The van der Waals surface area contributed by atoms with Gasteiger partial charge in [-0.1, -0.05) is 0 Å². The van der Waals surface area contributed by atoms with Crippen LogP contribution in [0, 0.1) is 6.92 Å². The lowest BCUT2D eigenvalue weighted by atomic mass is 10.5. The van der Waals surface area contributed by atoms with Crippen LogP contribution >= 0.6 is 11.3 Å². The predicted molar refractivity (Wildman–Crippen MR) is 80.7 cm³/mol. The van der Waals surface area contributed by atoms with Gasteiger partial charge in [0.2, 0.25) is 11.9 Å². The largest absolute Gasteiger partial charge is 0.357 e. The van der Waals surface area contributed by atoms with Crippen molar-refractivity contribution in [2.24, 2.45) is 0 Å². The van der Waals surface area contributed by atoms with E-state index in [2.05, 4.69) is 35.7 Å². The van der Waals surface area contributed by atoms with Crippen LogP contribution in [-0.4, -0.2) is 36.8 Å². The molecule has 3 heterocycles. The Hall–Kier alpha value is -2.55. The fourth-order valence-electron chi connectivity index (χ4n) is 1.70. The van der Waals surface area contributed by atoms with Gasteiger partial charge in [-0.05, 0) is 13.0 Å². The van der Waals surface area contributed by atoms with E-state index in [1.54, 1.807) is 35.5 Å². The molecule has 3 rings (SSSR count). The topological polar surface area (TPSA) is 93.4 Å². The number of thiazole rings is 1. The first-order chi connectivity index (χ1) is 10.2. The molecule has 0 saturated heterocycles. The molecule has 0 aliphatic rings. The Morgan fingerprint density at radius 1 is 1.19 bits per heavy atom. The minimum Gasteiger partial charge on any atom is -0.357 e. The molecule has 0 spiro atoms. The molecular formula is C12H14N8S. The van der Waals surface area contributed by atoms with Crippen molar-refractivity contribution in [1.82, 2.24) is 29.7 Å². The molecule has 0 fully saturated rings. The monoisotopic (exact) mass is 302 g/mol. The fraction of sp³-hybridized carbons (Fsp3) is 0.250. The number of nitrogens with one attached hydrogen (secondary N) is 2. The van der Waals surface area contributed by atoms with Gasteiger partial charge < -0.3 is 10.6 Å². The molecule has 9 heteroatoms. The molecule has 0 amide bonds. The van der Waals surface area contributed by atoms with Gasteiger partial charge in [-0.2, -0.15) is 20.1 Å². The lowest BCUT2D eigenvalue weighted by molar-refractivity contribution is 0.796. The quantitative estimate of drug-likeness (QED) is 0.737. The summed E-state index contributed by atoms with van der Waals surface area (Å²) < 4.78 is 1.58. The second-order valence-electron chi connectivity index (χ2n) is 4.19. The SMILES string of the molecule is CNc1nc(NCc2csc(C)n2)nc(-n2cccn2)n1. The molecule has 3 aromatic rings. The van der Waals surface area contributed by atoms with Gasteiger partial charge >= 0.3 is 0 Å². The third kappa shape index (κ3) is 3.14. The van der Waals surface area contributed by atoms with Crippen molar-refractivity contribution in [3.05, 3.63) is 34.5 Å². The van der Waals surface area contributed by atoms with Crippen LogP contribution in [0.2, 0.25) is 0 Å². The average molecular weight is 302 g/mol.